The minimum Gasteiger partial charge on any atom is -0.469 e. The van der Waals surface area contributed by atoms with Gasteiger partial charge in [-0.05, 0) is 24.1 Å². The molecular formula is C17H26N4O3. The van der Waals surface area contributed by atoms with Crippen molar-refractivity contribution >= 4 is 17.8 Å². The van der Waals surface area contributed by atoms with Crippen LogP contribution in [0.3, 0.4) is 0 Å². The summed E-state index contributed by atoms with van der Waals surface area (Å²) in [4.78, 5) is 28.7. The zero-order valence-corrected chi connectivity index (χ0v) is 14.8. The number of guanidine groups is 1. The van der Waals surface area contributed by atoms with Crippen LogP contribution in [0, 0.1) is 0 Å². The molecule has 0 saturated heterocycles. The van der Waals surface area contributed by atoms with E-state index in [1.807, 2.05) is 24.3 Å². The van der Waals surface area contributed by atoms with Crippen LogP contribution in [-0.4, -0.2) is 64.1 Å². The van der Waals surface area contributed by atoms with E-state index in [4.69, 9.17) is 0 Å². The van der Waals surface area contributed by atoms with Crippen LogP contribution in [0.25, 0.3) is 0 Å². The van der Waals surface area contributed by atoms with E-state index >= 15 is 0 Å². The van der Waals surface area contributed by atoms with Gasteiger partial charge in [-0.3, -0.25) is 14.6 Å². The minimum absolute atomic E-state index is 0.00917. The maximum absolute atomic E-state index is 12.0. The molecule has 7 heteroatoms. The standard InChI is InChI=1S/C17H26N4O3/c1-18-17(20-11-9-15(22)24-4)19-10-8-13-6-5-7-14(12-13)16(23)21(2)3/h5-7,12H,8-11H2,1-4H3,(H2,18,19,20). The first-order valence-electron chi connectivity index (χ1n) is 7.80. The number of carbonyl (C=O) groups excluding carboxylic acids is 2. The van der Waals surface area contributed by atoms with Crippen molar-refractivity contribution in [2.24, 2.45) is 4.99 Å². The van der Waals surface area contributed by atoms with Crippen molar-refractivity contribution in [3.05, 3.63) is 35.4 Å². The molecule has 0 aliphatic carbocycles. The highest BCUT2D eigenvalue weighted by atomic mass is 16.5. The van der Waals surface area contributed by atoms with Crippen molar-refractivity contribution in [2.75, 3.05) is 41.3 Å². The molecule has 132 valence electrons. The van der Waals surface area contributed by atoms with Gasteiger partial charge in [0.15, 0.2) is 5.96 Å². The Kier molecular flexibility index (Phi) is 8.32. The number of carbonyl (C=O) groups is 2. The SMILES string of the molecule is CN=C(NCCC(=O)OC)NCCc1cccc(C(=O)N(C)C)c1. The fraction of sp³-hybridized carbons (Fsp3) is 0.471. The average Bonchev–Trinajstić information content (AvgIpc) is 2.59. The van der Waals surface area contributed by atoms with Crippen molar-refractivity contribution in [3.63, 3.8) is 0 Å². The summed E-state index contributed by atoms with van der Waals surface area (Å²) >= 11 is 0. The summed E-state index contributed by atoms with van der Waals surface area (Å²) in [5, 5.41) is 6.22. The first-order valence-corrected chi connectivity index (χ1v) is 7.80. The predicted molar refractivity (Wildman–Crippen MR) is 94.2 cm³/mol. The summed E-state index contributed by atoms with van der Waals surface area (Å²) in [6.45, 7) is 1.12. The fourth-order valence-corrected chi connectivity index (χ4v) is 2.05. The Hall–Kier alpha value is -2.57. The van der Waals surface area contributed by atoms with E-state index in [9.17, 15) is 9.59 Å². The smallest absolute Gasteiger partial charge is 0.307 e. The van der Waals surface area contributed by atoms with Crippen LogP contribution in [0.15, 0.2) is 29.3 Å². The molecule has 0 bridgehead atoms. The summed E-state index contributed by atoms with van der Waals surface area (Å²) in [6.07, 6.45) is 1.04. The fourth-order valence-electron chi connectivity index (χ4n) is 2.05. The van der Waals surface area contributed by atoms with E-state index < -0.39 is 0 Å². The molecule has 0 unspecified atom stereocenters. The number of hydrogen-bond acceptors (Lipinski definition) is 4. The second kappa shape index (κ2) is 10.3. The van der Waals surface area contributed by atoms with Gasteiger partial charge in [-0.25, -0.2) is 0 Å². The molecule has 2 N–H and O–H groups in total. The number of esters is 1. The van der Waals surface area contributed by atoms with Gasteiger partial charge in [-0.1, -0.05) is 12.1 Å². The quantitative estimate of drug-likeness (QED) is 0.435. The van der Waals surface area contributed by atoms with Crippen molar-refractivity contribution < 1.29 is 14.3 Å². The lowest BCUT2D eigenvalue weighted by atomic mass is 10.1. The molecule has 0 saturated carbocycles. The van der Waals surface area contributed by atoms with Crippen LogP contribution < -0.4 is 10.6 Å². The Morgan fingerprint density at radius 3 is 2.54 bits per heavy atom. The van der Waals surface area contributed by atoms with Crippen LogP contribution in [0.2, 0.25) is 0 Å². The highest BCUT2D eigenvalue weighted by Crippen LogP contribution is 2.07. The molecule has 1 aromatic rings. The maximum atomic E-state index is 12.0. The lowest BCUT2D eigenvalue weighted by molar-refractivity contribution is -0.140. The Morgan fingerprint density at radius 2 is 1.92 bits per heavy atom. The van der Waals surface area contributed by atoms with E-state index in [0.29, 0.717) is 24.6 Å². The molecule has 24 heavy (non-hydrogen) atoms. The summed E-state index contributed by atoms with van der Waals surface area (Å²) in [5.41, 5.74) is 1.75. The largest absolute Gasteiger partial charge is 0.469 e. The Bertz CT molecular complexity index is 585. The van der Waals surface area contributed by atoms with Crippen molar-refractivity contribution in [2.45, 2.75) is 12.8 Å². The molecule has 0 radical (unpaired) electrons. The van der Waals surface area contributed by atoms with Gasteiger partial charge in [0.1, 0.15) is 0 Å². The first-order chi connectivity index (χ1) is 11.5. The number of nitrogens with one attached hydrogen (secondary N) is 2. The molecular weight excluding hydrogens is 308 g/mol. The lowest BCUT2D eigenvalue weighted by Crippen LogP contribution is -2.39. The summed E-state index contributed by atoms with van der Waals surface area (Å²) in [7, 11) is 6.51. The van der Waals surface area contributed by atoms with Crippen molar-refractivity contribution in [1.29, 1.82) is 0 Å². The third-order valence-electron chi connectivity index (χ3n) is 3.36. The number of rotatable bonds is 7. The van der Waals surface area contributed by atoms with Gasteiger partial charge in [-0.15, -0.1) is 0 Å². The second-order valence-electron chi connectivity index (χ2n) is 5.40. The third-order valence-corrected chi connectivity index (χ3v) is 3.36. The van der Waals surface area contributed by atoms with Gasteiger partial charge in [0.05, 0.1) is 13.5 Å². The average molecular weight is 334 g/mol. The molecule has 1 amide bonds. The molecule has 1 aromatic carbocycles. The monoisotopic (exact) mass is 334 g/mol. The van der Waals surface area contributed by atoms with Crippen molar-refractivity contribution in [1.82, 2.24) is 15.5 Å². The van der Waals surface area contributed by atoms with E-state index in [2.05, 4.69) is 20.4 Å². The van der Waals surface area contributed by atoms with E-state index in [1.54, 1.807) is 26.0 Å². The molecule has 0 heterocycles. The van der Waals surface area contributed by atoms with Crippen LogP contribution in [0.5, 0.6) is 0 Å². The van der Waals surface area contributed by atoms with E-state index in [1.165, 1.54) is 7.11 Å². The summed E-state index contributed by atoms with van der Waals surface area (Å²) in [6, 6.07) is 7.58. The zero-order chi connectivity index (χ0) is 17.9. The van der Waals surface area contributed by atoms with E-state index in [-0.39, 0.29) is 18.3 Å². The maximum Gasteiger partial charge on any atom is 0.307 e. The zero-order valence-electron chi connectivity index (χ0n) is 14.8. The Morgan fingerprint density at radius 1 is 1.21 bits per heavy atom. The molecule has 7 nitrogen and oxygen atoms in total. The first kappa shape index (κ1) is 19.5. The molecule has 0 aromatic heterocycles. The Labute approximate surface area is 143 Å². The third kappa shape index (κ3) is 6.68. The molecule has 0 fully saturated rings. The number of benzene rings is 1. The molecule has 0 aliphatic rings. The molecule has 0 aliphatic heterocycles. The van der Waals surface area contributed by atoms with E-state index in [0.717, 1.165) is 12.0 Å². The van der Waals surface area contributed by atoms with Crippen LogP contribution in [-0.2, 0) is 16.0 Å². The normalized spacial score (nSPS) is 10.9. The highest BCUT2D eigenvalue weighted by molar-refractivity contribution is 5.94. The summed E-state index contributed by atoms with van der Waals surface area (Å²) in [5.74, 6) is 0.352. The predicted octanol–water partition coefficient (Wildman–Crippen LogP) is 0.659. The minimum atomic E-state index is -0.264. The van der Waals surface area contributed by atoms with Crippen molar-refractivity contribution in [3.8, 4) is 0 Å². The van der Waals surface area contributed by atoms with Gasteiger partial charge in [0.2, 0.25) is 0 Å². The van der Waals surface area contributed by atoms with Crippen LogP contribution in [0.4, 0.5) is 0 Å². The number of ether oxygens (including phenoxy) is 1. The Balaban J connectivity index is 2.44. The summed E-state index contributed by atoms with van der Waals surface area (Å²) < 4.78 is 4.58. The number of nitrogens with zero attached hydrogens (tertiary/aromatic N) is 2. The molecule has 0 spiro atoms. The van der Waals surface area contributed by atoms with Gasteiger partial charge in [-0.2, -0.15) is 0 Å². The lowest BCUT2D eigenvalue weighted by Gasteiger charge is -2.13. The van der Waals surface area contributed by atoms with Crippen LogP contribution in [0.1, 0.15) is 22.3 Å². The van der Waals surface area contributed by atoms with Gasteiger partial charge in [0, 0.05) is 39.8 Å². The second-order valence-corrected chi connectivity index (χ2v) is 5.40. The molecule has 1 rings (SSSR count). The highest BCUT2D eigenvalue weighted by Gasteiger charge is 2.08. The number of methoxy groups -OCH3 is 1. The van der Waals surface area contributed by atoms with Crippen LogP contribution >= 0.6 is 0 Å². The van der Waals surface area contributed by atoms with Gasteiger partial charge in [0.25, 0.3) is 5.91 Å². The topological polar surface area (TPSA) is 83.0 Å². The number of aliphatic imine (C=N–C) groups is 1. The van der Waals surface area contributed by atoms with Gasteiger partial charge < -0.3 is 20.3 Å². The molecule has 0 atom stereocenters. The van der Waals surface area contributed by atoms with Gasteiger partial charge >= 0.3 is 5.97 Å². The number of amides is 1. The number of hydrogen-bond donors (Lipinski definition) is 2.